The SMILES string of the molecule is CNC(=O)c1ccc(N2CCN(Cc3ccc4c(c3)[nH]c(=O)c3c[nH]cc34)CC2)c(C)n1. The smallest absolute Gasteiger partial charge is 0.269 e. The first-order valence-electron chi connectivity index (χ1n) is 10.8. The molecule has 0 bridgehead atoms. The monoisotopic (exact) mass is 430 g/mol. The summed E-state index contributed by atoms with van der Waals surface area (Å²) in [4.78, 5) is 39.4. The Morgan fingerprint density at radius 3 is 2.59 bits per heavy atom. The van der Waals surface area contributed by atoms with Gasteiger partial charge >= 0.3 is 0 Å². The molecule has 5 rings (SSSR count). The highest BCUT2D eigenvalue weighted by atomic mass is 16.1. The normalized spacial score (nSPS) is 14.9. The van der Waals surface area contributed by atoms with Gasteiger partial charge in [-0.3, -0.25) is 14.5 Å². The number of carbonyl (C=O) groups is 1. The minimum atomic E-state index is -0.168. The Kier molecular flexibility index (Phi) is 5.14. The highest BCUT2D eigenvalue weighted by Crippen LogP contribution is 2.24. The van der Waals surface area contributed by atoms with E-state index in [1.807, 2.05) is 19.2 Å². The Hall–Kier alpha value is -3.65. The lowest BCUT2D eigenvalue weighted by Crippen LogP contribution is -2.46. The number of nitrogens with one attached hydrogen (secondary N) is 3. The van der Waals surface area contributed by atoms with Gasteiger partial charge in [0.25, 0.3) is 11.5 Å². The lowest BCUT2D eigenvalue weighted by atomic mass is 10.1. The summed E-state index contributed by atoms with van der Waals surface area (Å²) >= 11 is 0. The van der Waals surface area contributed by atoms with Crippen LogP contribution in [0.4, 0.5) is 5.69 Å². The Morgan fingerprint density at radius 2 is 1.84 bits per heavy atom. The Morgan fingerprint density at radius 1 is 1.06 bits per heavy atom. The highest BCUT2D eigenvalue weighted by Gasteiger charge is 2.20. The van der Waals surface area contributed by atoms with Crippen molar-refractivity contribution >= 4 is 33.3 Å². The van der Waals surface area contributed by atoms with E-state index in [1.165, 1.54) is 5.56 Å². The van der Waals surface area contributed by atoms with Gasteiger partial charge in [0.05, 0.1) is 16.8 Å². The third-order valence-corrected chi connectivity index (χ3v) is 6.25. The summed E-state index contributed by atoms with van der Waals surface area (Å²) in [7, 11) is 1.61. The number of amides is 1. The van der Waals surface area contributed by atoms with Crippen molar-refractivity contribution in [3.63, 3.8) is 0 Å². The van der Waals surface area contributed by atoms with Gasteiger partial charge in [0.15, 0.2) is 0 Å². The number of pyridine rings is 2. The van der Waals surface area contributed by atoms with Gasteiger partial charge in [0, 0.05) is 68.5 Å². The lowest BCUT2D eigenvalue weighted by molar-refractivity contribution is 0.0958. The molecule has 1 saturated heterocycles. The van der Waals surface area contributed by atoms with E-state index in [0.29, 0.717) is 11.1 Å². The van der Waals surface area contributed by atoms with Gasteiger partial charge in [-0.15, -0.1) is 0 Å². The molecule has 1 amide bonds. The molecule has 0 unspecified atom stereocenters. The maximum atomic E-state index is 12.3. The van der Waals surface area contributed by atoms with Crippen LogP contribution in [-0.4, -0.2) is 59.0 Å². The van der Waals surface area contributed by atoms with Crippen LogP contribution in [0, 0.1) is 6.92 Å². The molecule has 164 valence electrons. The number of H-pyrrole nitrogens is 2. The van der Waals surface area contributed by atoms with Crippen LogP contribution in [0.5, 0.6) is 0 Å². The minimum Gasteiger partial charge on any atom is -0.368 e. The molecule has 0 atom stereocenters. The maximum absolute atomic E-state index is 12.3. The van der Waals surface area contributed by atoms with Crippen molar-refractivity contribution in [2.45, 2.75) is 13.5 Å². The number of aromatic nitrogens is 3. The van der Waals surface area contributed by atoms with Crippen LogP contribution >= 0.6 is 0 Å². The van der Waals surface area contributed by atoms with Gasteiger partial charge in [-0.2, -0.15) is 0 Å². The van der Waals surface area contributed by atoms with E-state index >= 15 is 0 Å². The number of nitrogens with zero attached hydrogens (tertiary/aromatic N) is 3. The van der Waals surface area contributed by atoms with E-state index in [-0.39, 0.29) is 11.5 Å². The predicted octanol–water partition coefficient (Wildman–Crippen LogP) is 2.39. The standard InChI is InChI=1S/C24H26N6O2/c1-15-22(6-5-20(27-15)24(32)25-2)30-9-7-29(8-10-30)14-16-3-4-17-18-12-26-13-19(18)23(31)28-21(17)11-16/h3-6,11-13,26H,7-10,14H2,1-2H3,(H,25,32)(H,28,31). The van der Waals surface area contributed by atoms with Gasteiger partial charge < -0.3 is 20.2 Å². The number of piperazine rings is 1. The van der Waals surface area contributed by atoms with E-state index in [9.17, 15) is 9.59 Å². The molecule has 0 radical (unpaired) electrons. The number of rotatable bonds is 4. The molecule has 0 saturated carbocycles. The van der Waals surface area contributed by atoms with Crippen LogP contribution in [0.3, 0.4) is 0 Å². The highest BCUT2D eigenvalue weighted by molar-refractivity contribution is 6.05. The average molecular weight is 431 g/mol. The summed E-state index contributed by atoms with van der Waals surface area (Å²) in [5.41, 5.74) is 4.38. The fraction of sp³-hybridized carbons (Fsp3) is 0.292. The number of anilines is 1. The van der Waals surface area contributed by atoms with Gasteiger partial charge in [-0.05, 0) is 30.7 Å². The Bertz CT molecular complexity index is 1360. The van der Waals surface area contributed by atoms with Gasteiger partial charge in [-0.1, -0.05) is 12.1 Å². The van der Waals surface area contributed by atoms with E-state index in [4.69, 9.17) is 0 Å². The molecule has 1 aliphatic rings. The first-order valence-corrected chi connectivity index (χ1v) is 10.8. The Labute approximate surface area is 185 Å². The molecule has 3 aromatic heterocycles. The zero-order valence-electron chi connectivity index (χ0n) is 18.2. The molecule has 8 heteroatoms. The molecule has 4 aromatic rings. The van der Waals surface area contributed by atoms with Gasteiger partial charge in [0.1, 0.15) is 5.69 Å². The molecule has 1 aliphatic heterocycles. The summed E-state index contributed by atoms with van der Waals surface area (Å²) in [5, 5.41) is 5.31. The van der Waals surface area contributed by atoms with Crippen LogP contribution in [0.25, 0.3) is 21.7 Å². The topological polar surface area (TPSA) is 97.1 Å². The zero-order chi connectivity index (χ0) is 22.2. The van der Waals surface area contributed by atoms with E-state index in [1.54, 1.807) is 19.3 Å². The first kappa shape index (κ1) is 20.3. The van der Waals surface area contributed by atoms with Crippen LogP contribution < -0.4 is 15.8 Å². The third-order valence-electron chi connectivity index (χ3n) is 6.25. The molecular weight excluding hydrogens is 404 g/mol. The number of fused-ring (bicyclic) bond motifs is 3. The van der Waals surface area contributed by atoms with Crippen molar-refractivity contribution in [2.75, 3.05) is 38.1 Å². The van der Waals surface area contributed by atoms with Gasteiger partial charge in [0.2, 0.25) is 0 Å². The number of benzene rings is 1. The van der Waals surface area contributed by atoms with Crippen molar-refractivity contribution in [1.82, 2.24) is 25.2 Å². The van der Waals surface area contributed by atoms with E-state index < -0.39 is 0 Å². The lowest BCUT2D eigenvalue weighted by Gasteiger charge is -2.36. The second kappa shape index (κ2) is 8.12. The second-order valence-corrected chi connectivity index (χ2v) is 8.26. The molecule has 1 aromatic carbocycles. The average Bonchev–Trinajstić information content (AvgIpc) is 3.30. The van der Waals surface area contributed by atoms with Crippen LogP contribution in [0.15, 0.2) is 47.5 Å². The van der Waals surface area contributed by atoms with Crippen molar-refractivity contribution in [3.8, 4) is 0 Å². The van der Waals surface area contributed by atoms with Crippen molar-refractivity contribution in [2.24, 2.45) is 0 Å². The number of aromatic amines is 2. The predicted molar refractivity (Wildman–Crippen MR) is 126 cm³/mol. The summed E-state index contributed by atoms with van der Waals surface area (Å²) < 4.78 is 0. The van der Waals surface area contributed by atoms with Crippen LogP contribution in [-0.2, 0) is 6.54 Å². The maximum Gasteiger partial charge on any atom is 0.269 e. The summed E-state index contributed by atoms with van der Waals surface area (Å²) in [5.74, 6) is -0.168. The number of hydrogen-bond acceptors (Lipinski definition) is 5. The molecule has 4 heterocycles. The molecule has 3 N–H and O–H groups in total. The van der Waals surface area contributed by atoms with E-state index in [2.05, 4.69) is 48.3 Å². The molecule has 1 fully saturated rings. The van der Waals surface area contributed by atoms with Crippen molar-refractivity contribution < 1.29 is 4.79 Å². The Balaban J connectivity index is 1.28. The number of hydrogen-bond donors (Lipinski definition) is 3. The second-order valence-electron chi connectivity index (χ2n) is 8.26. The third kappa shape index (κ3) is 3.62. The first-order chi connectivity index (χ1) is 15.5. The number of aryl methyl sites for hydroxylation is 1. The van der Waals surface area contributed by atoms with Crippen LogP contribution in [0.1, 0.15) is 21.7 Å². The summed E-state index contributed by atoms with van der Waals surface area (Å²) in [6, 6.07) is 10.1. The quantitative estimate of drug-likeness (QED) is 0.462. The molecule has 0 aliphatic carbocycles. The molecular formula is C24H26N6O2. The fourth-order valence-corrected chi connectivity index (χ4v) is 4.54. The van der Waals surface area contributed by atoms with Crippen LogP contribution in [0.2, 0.25) is 0 Å². The molecule has 0 spiro atoms. The summed E-state index contributed by atoms with van der Waals surface area (Å²) in [6.07, 6.45) is 3.62. The zero-order valence-corrected chi connectivity index (χ0v) is 18.2. The summed E-state index contributed by atoms with van der Waals surface area (Å²) in [6.45, 7) is 6.45. The molecule has 8 nitrogen and oxygen atoms in total. The number of carbonyl (C=O) groups excluding carboxylic acids is 1. The van der Waals surface area contributed by atoms with Gasteiger partial charge in [-0.25, -0.2) is 4.98 Å². The molecule has 32 heavy (non-hydrogen) atoms. The van der Waals surface area contributed by atoms with Crippen molar-refractivity contribution in [3.05, 3.63) is 70.0 Å². The fourth-order valence-electron chi connectivity index (χ4n) is 4.54. The minimum absolute atomic E-state index is 0.0640. The largest absolute Gasteiger partial charge is 0.368 e. The van der Waals surface area contributed by atoms with Crippen molar-refractivity contribution in [1.29, 1.82) is 0 Å². The van der Waals surface area contributed by atoms with E-state index in [0.717, 1.165) is 60.4 Å².